The van der Waals surface area contributed by atoms with Gasteiger partial charge in [0.05, 0.1) is 20.6 Å². The van der Waals surface area contributed by atoms with E-state index < -0.39 is 5.41 Å². The molecule has 0 aromatic heterocycles. The predicted molar refractivity (Wildman–Crippen MR) is 70.4 cm³/mol. The highest BCUT2D eigenvalue weighted by atomic mass is 16.5. The van der Waals surface area contributed by atoms with Crippen LogP contribution in [-0.2, 0) is 16.0 Å². The summed E-state index contributed by atoms with van der Waals surface area (Å²) in [5, 5.41) is 0. The van der Waals surface area contributed by atoms with Gasteiger partial charge in [0.25, 0.3) is 0 Å². The highest BCUT2D eigenvalue weighted by Gasteiger charge is 2.40. The Bertz CT molecular complexity index is 521. The number of hydrogen-bond donors (Lipinski definition) is 0. The third-order valence-electron chi connectivity index (χ3n) is 3.82. The summed E-state index contributed by atoms with van der Waals surface area (Å²) in [4.78, 5) is 24.1. The Morgan fingerprint density at radius 3 is 2.74 bits per heavy atom. The highest BCUT2D eigenvalue weighted by Crippen LogP contribution is 2.39. The number of methoxy groups -OCH3 is 2. The number of rotatable bonds is 3. The number of ketones is 1. The molecular formula is C15H18O4. The maximum absolute atomic E-state index is 12.6. The second-order valence-electron chi connectivity index (χ2n) is 5.17. The lowest BCUT2D eigenvalue weighted by molar-refractivity contribution is -0.142. The first kappa shape index (κ1) is 13.6. The van der Waals surface area contributed by atoms with Crippen LogP contribution in [0.15, 0.2) is 18.2 Å². The lowest BCUT2D eigenvalue weighted by Crippen LogP contribution is -2.35. The predicted octanol–water partition coefficient (Wildman–Crippen LogP) is 2.39. The van der Waals surface area contributed by atoms with E-state index in [1.807, 2.05) is 19.1 Å². The molecule has 0 radical (unpaired) electrons. The molecule has 0 N–H and O–H groups in total. The van der Waals surface area contributed by atoms with Crippen LogP contribution in [0.3, 0.4) is 0 Å². The minimum absolute atomic E-state index is 0.00181. The molecule has 4 nitrogen and oxygen atoms in total. The summed E-state index contributed by atoms with van der Waals surface area (Å²) < 4.78 is 9.84. The van der Waals surface area contributed by atoms with Crippen LogP contribution in [0.1, 0.15) is 35.7 Å². The van der Waals surface area contributed by atoms with Gasteiger partial charge in [-0.2, -0.15) is 0 Å². The number of hydrogen-bond acceptors (Lipinski definition) is 4. The van der Waals surface area contributed by atoms with E-state index in [0.29, 0.717) is 17.7 Å². The number of fused-ring (bicyclic) bond motifs is 1. The molecule has 0 amide bonds. The molecule has 0 fully saturated rings. The Kier molecular flexibility index (Phi) is 3.60. The minimum atomic E-state index is -0.674. The van der Waals surface area contributed by atoms with Gasteiger partial charge in [0, 0.05) is 11.0 Å². The van der Waals surface area contributed by atoms with Gasteiger partial charge < -0.3 is 9.47 Å². The van der Waals surface area contributed by atoms with Crippen LogP contribution in [0.4, 0.5) is 0 Å². The van der Waals surface area contributed by atoms with E-state index in [1.165, 1.54) is 7.11 Å². The number of aryl methyl sites for hydroxylation is 1. The van der Waals surface area contributed by atoms with Crippen molar-refractivity contribution in [2.24, 2.45) is 5.41 Å². The van der Waals surface area contributed by atoms with Crippen LogP contribution in [0.2, 0.25) is 0 Å². The maximum atomic E-state index is 12.6. The number of carbonyl (C=O) groups is 2. The van der Waals surface area contributed by atoms with E-state index in [-0.39, 0.29) is 18.2 Å². The number of carbonyl (C=O) groups excluding carboxylic acids is 2. The summed E-state index contributed by atoms with van der Waals surface area (Å²) in [5.74, 6) is 0.315. The molecule has 1 unspecified atom stereocenters. The Balaban J connectivity index is 2.34. The van der Waals surface area contributed by atoms with Gasteiger partial charge in [-0.25, -0.2) is 0 Å². The largest absolute Gasteiger partial charge is 0.497 e. The van der Waals surface area contributed by atoms with Gasteiger partial charge in [0.1, 0.15) is 5.75 Å². The Morgan fingerprint density at radius 1 is 1.37 bits per heavy atom. The third kappa shape index (κ3) is 2.48. The molecule has 4 heteroatoms. The average molecular weight is 262 g/mol. The SMILES string of the molecule is COC(=O)CC1(C)CCc2ccc(OC)cc2C1=O. The fourth-order valence-electron chi connectivity index (χ4n) is 2.52. The minimum Gasteiger partial charge on any atom is -0.497 e. The van der Waals surface area contributed by atoms with Crippen LogP contribution < -0.4 is 4.74 Å². The van der Waals surface area contributed by atoms with Crippen LogP contribution >= 0.6 is 0 Å². The smallest absolute Gasteiger partial charge is 0.306 e. The zero-order valence-corrected chi connectivity index (χ0v) is 11.5. The van der Waals surface area contributed by atoms with Gasteiger partial charge in [0.15, 0.2) is 5.78 Å². The molecular weight excluding hydrogens is 244 g/mol. The van der Waals surface area contributed by atoms with E-state index in [0.717, 1.165) is 12.0 Å². The summed E-state index contributed by atoms with van der Waals surface area (Å²) in [6.45, 7) is 1.83. The zero-order valence-electron chi connectivity index (χ0n) is 11.5. The number of benzene rings is 1. The van der Waals surface area contributed by atoms with Crippen molar-refractivity contribution >= 4 is 11.8 Å². The molecule has 0 spiro atoms. The second-order valence-corrected chi connectivity index (χ2v) is 5.17. The molecule has 0 saturated heterocycles. The number of esters is 1. The third-order valence-corrected chi connectivity index (χ3v) is 3.82. The van der Waals surface area contributed by atoms with E-state index in [4.69, 9.17) is 4.74 Å². The first-order valence-electron chi connectivity index (χ1n) is 6.29. The lowest BCUT2D eigenvalue weighted by Gasteiger charge is -2.32. The van der Waals surface area contributed by atoms with Gasteiger partial charge in [-0.1, -0.05) is 13.0 Å². The molecule has 1 atom stereocenters. The quantitative estimate of drug-likeness (QED) is 0.785. The van der Waals surface area contributed by atoms with Crippen molar-refractivity contribution in [1.82, 2.24) is 0 Å². The van der Waals surface area contributed by atoms with Gasteiger partial charge >= 0.3 is 5.97 Å². The molecule has 19 heavy (non-hydrogen) atoms. The van der Waals surface area contributed by atoms with Crippen molar-refractivity contribution in [1.29, 1.82) is 0 Å². The van der Waals surface area contributed by atoms with Crippen molar-refractivity contribution in [3.63, 3.8) is 0 Å². The Labute approximate surface area is 112 Å². The zero-order chi connectivity index (χ0) is 14.0. The Morgan fingerprint density at radius 2 is 2.11 bits per heavy atom. The van der Waals surface area contributed by atoms with Crippen molar-refractivity contribution in [3.05, 3.63) is 29.3 Å². The van der Waals surface area contributed by atoms with Crippen molar-refractivity contribution in [2.75, 3.05) is 14.2 Å². The summed E-state index contributed by atoms with van der Waals surface area (Å²) in [5.41, 5.74) is 1.01. The highest BCUT2D eigenvalue weighted by molar-refractivity contribution is 6.04. The molecule has 0 bridgehead atoms. The normalized spacial score (nSPS) is 21.7. The topological polar surface area (TPSA) is 52.6 Å². The first-order valence-corrected chi connectivity index (χ1v) is 6.29. The van der Waals surface area contributed by atoms with E-state index >= 15 is 0 Å². The van der Waals surface area contributed by atoms with Crippen LogP contribution in [0.25, 0.3) is 0 Å². The van der Waals surface area contributed by atoms with Crippen LogP contribution in [0.5, 0.6) is 5.75 Å². The molecule has 2 rings (SSSR count). The maximum Gasteiger partial charge on any atom is 0.306 e. The summed E-state index contributed by atoms with van der Waals surface area (Å²) in [6.07, 6.45) is 1.58. The molecule has 0 aliphatic heterocycles. The lowest BCUT2D eigenvalue weighted by atomic mass is 9.70. The van der Waals surface area contributed by atoms with Crippen LogP contribution in [0, 0.1) is 5.41 Å². The summed E-state index contributed by atoms with van der Waals surface area (Å²) in [6, 6.07) is 5.53. The molecule has 1 aliphatic carbocycles. The van der Waals surface area contributed by atoms with Gasteiger partial charge in [0.2, 0.25) is 0 Å². The molecule has 1 aliphatic rings. The van der Waals surface area contributed by atoms with E-state index in [1.54, 1.807) is 13.2 Å². The fourth-order valence-corrected chi connectivity index (χ4v) is 2.52. The van der Waals surface area contributed by atoms with E-state index in [9.17, 15) is 9.59 Å². The van der Waals surface area contributed by atoms with E-state index in [2.05, 4.69) is 4.74 Å². The molecule has 1 aromatic carbocycles. The summed E-state index contributed by atoms with van der Waals surface area (Å²) in [7, 11) is 2.92. The standard InChI is InChI=1S/C15H18O4/c1-15(9-13(16)19-3)7-6-10-4-5-11(18-2)8-12(10)14(15)17/h4-5,8H,6-7,9H2,1-3H3. The summed E-state index contributed by atoms with van der Waals surface area (Å²) >= 11 is 0. The monoisotopic (exact) mass is 262 g/mol. The number of ether oxygens (including phenoxy) is 2. The van der Waals surface area contributed by atoms with Crippen molar-refractivity contribution in [2.45, 2.75) is 26.2 Å². The van der Waals surface area contributed by atoms with Crippen LogP contribution in [-0.4, -0.2) is 26.0 Å². The molecule has 102 valence electrons. The fraction of sp³-hybridized carbons (Fsp3) is 0.467. The first-order chi connectivity index (χ1) is 9.00. The second kappa shape index (κ2) is 5.03. The van der Waals surface area contributed by atoms with Crippen molar-refractivity contribution < 1.29 is 19.1 Å². The van der Waals surface area contributed by atoms with Gasteiger partial charge in [-0.05, 0) is 30.5 Å². The molecule has 0 heterocycles. The van der Waals surface area contributed by atoms with Crippen molar-refractivity contribution in [3.8, 4) is 5.75 Å². The van der Waals surface area contributed by atoms with Gasteiger partial charge in [-0.3, -0.25) is 9.59 Å². The Hall–Kier alpha value is -1.84. The molecule has 1 aromatic rings. The number of Topliss-reactive ketones (excluding diaryl/α,β-unsaturated/α-hetero) is 1. The van der Waals surface area contributed by atoms with Gasteiger partial charge in [-0.15, -0.1) is 0 Å². The average Bonchev–Trinajstić information content (AvgIpc) is 2.43. The molecule has 0 saturated carbocycles.